The summed E-state index contributed by atoms with van der Waals surface area (Å²) in [5.41, 5.74) is 0. The lowest BCUT2D eigenvalue weighted by Gasteiger charge is -1.94. The predicted molar refractivity (Wildman–Crippen MR) is 31.3 cm³/mol. The Labute approximate surface area is 40.2 Å². The van der Waals surface area contributed by atoms with E-state index >= 15 is 0 Å². The molecule has 1 nitrogen and oxygen atoms in total. The van der Waals surface area contributed by atoms with Crippen LogP contribution in [0.25, 0.3) is 0 Å². The summed E-state index contributed by atoms with van der Waals surface area (Å²) in [4.78, 5) is 0. The van der Waals surface area contributed by atoms with Gasteiger partial charge in [0.15, 0.2) is 0 Å². The fourth-order valence-corrected chi connectivity index (χ4v) is 0. The third kappa shape index (κ3) is 4.74. The van der Waals surface area contributed by atoms with Crippen LogP contribution in [0.1, 0.15) is 6.92 Å². The van der Waals surface area contributed by atoms with Crippen LogP contribution < -0.4 is 5.09 Å². The zero-order valence-corrected chi connectivity index (χ0v) is 5.15. The van der Waals surface area contributed by atoms with E-state index < -0.39 is 0 Å². The molecule has 0 spiro atoms. The summed E-state index contributed by atoms with van der Waals surface area (Å²) >= 11 is 3.97. The minimum absolute atomic E-state index is 0.292. The second-order valence-electron chi connectivity index (χ2n) is 0.843. The molecular formula is C2H8NPS. The Morgan fingerprint density at radius 3 is 2.20 bits per heavy atom. The van der Waals surface area contributed by atoms with Gasteiger partial charge in [0.1, 0.15) is 0 Å². The molecule has 0 aliphatic heterocycles. The number of nitrogens with one attached hydrogen (secondary N) is 1. The van der Waals surface area contributed by atoms with Crippen molar-refractivity contribution in [2.24, 2.45) is 0 Å². The third-order valence-corrected chi connectivity index (χ3v) is 1.17. The maximum absolute atomic E-state index is 3.97. The van der Waals surface area contributed by atoms with E-state index in [9.17, 15) is 0 Å². The van der Waals surface area contributed by atoms with Gasteiger partial charge in [-0.05, 0) is 6.92 Å². The van der Waals surface area contributed by atoms with Gasteiger partial charge >= 0.3 is 0 Å². The summed E-state index contributed by atoms with van der Waals surface area (Å²) < 4.78 is 0. The van der Waals surface area contributed by atoms with E-state index in [2.05, 4.69) is 27.1 Å². The predicted octanol–water partition coefficient (Wildman–Crippen LogP) is 0.642. The van der Waals surface area contributed by atoms with E-state index in [4.69, 9.17) is 0 Å². The molecule has 2 atom stereocenters. The quantitative estimate of drug-likeness (QED) is 0.286. The van der Waals surface area contributed by atoms with Crippen LogP contribution in [-0.4, -0.2) is 5.37 Å². The monoisotopic (exact) mass is 109 g/mol. The molecule has 0 fully saturated rings. The molecular weight excluding hydrogens is 101 g/mol. The summed E-state index contributed by atoms with van der Waals surface area (Å²) in [7, 11) is 2.37. The van der Waals surface area contributed by atoms with E-state index in [0.717, 1.165) is 0 Å². The highest BCUT2D eigenvalue weighted by Crippen LogP contribution is 1.86. The lowest BCUT2D eigenvalue weighted by atomic mass is 10.8. The van der Waals surface area contributed by atoms with E-state index in [1.165, 1.54) is 0 Å². The molecule has 0 saturated heterocycles. The zero-order valence-electron chi connectivity index (χ0n) is 3.10. The van der Waals surface area contributed by atoms with Crippen molar-refractivity contribution in [2.45, 2.75) is 12.3 Å². The first kappa shape index (κ1) is 5.74. The average molecular weight is 109 g/mol. The molecule has 0 bridgehead atoms. The molecule has 0 aliphatic rings. The minimum atomic E-state index is 0.292. The molecule has 0 amide bonds. The van der Waals surface area contributed by atoms with Gasteiger partial charge < -0.3 is 0 Å². The van der Waals surface area contributed by atoms with Crippen LogP contribution in [-0.2, 0) is 0 Å². The largest absolute Gasteiger partial charge is 0.289 e. The molecule has 5 heavy (non-hydrogen) atoms. The Morgan fingerprint density at radius 1 is 2.00 bits per heavy atom. The molecule has 0 aromatic carbocycles. The SMILES string of the molecule is C[C@H](S)NP. The maximum Gasteiger partial charge on any atom is 0.0502 e. The second kappa shape index (κ2) is 2.95. The van der Waals surface area contributed by atoms with Crippen LogP contribution in [0.4, 0.5) is 0 Å². The van der Waals surface area contributed by atoms with Crippen molar-refractivity contribution in [1.82, 2.24) is 5.09 Å². The van der Waals surface area contributed by atoms with Crippen LogP contribution in [0.3, 0.4) is 0 Å². The molecule has 0 saturated carbocycles. The zero-order chi connectivity index (χ0) is 4.28. The second-order valence-corrected chi connectivity index (χ2v) is 1.95. The lowest BCUT2D eigenvalue weighted by Crippen LogP contribution is -2.04. The summed E-state index contributed by atoms with van der Waals surface area (Å²) in [6.07, 6.45) is 0. The Hall–Kier alpha value is 0.740. The third-order valence-electron chi connectivity index (χ3n) is 0.241. The van der Waals surface area contributed by atoms with Crippen molar-refractivity contribution in [3.05, 3.63) is 0 Å². The Bertz CT molecular complexity index is 23.6. The molecule has 0 aromatic rings. The van der Waals surface area contributed by atoms with Crippen molar-refractivity contribution in [3.8, 4) is 0 Å². The maximum atomic E-state index is 3.97. The van der Waals surface area contributed by atoms with Crippen LogP contribution in [0.15, 0.2) is 0 Å². The molecule has 0 radical (unpaired) electrons. The molecule has 1 unspecified atom stereocenters. The first-order valence-electron chi connectivity index (χ1n) is 1.41. The summed E-state index contributed by atoms with van der Waals surface area (Å²) in [5, 5.41) is 3.10. The summed E-state index contributed by atoms with van der Waals surface area (Å²) in [5.74, 6) is 0. The van der Waals surface area contributed by atoms with Crippen LogP contribution >= 0.6 is 22.0 Å². The highest BCUT2D eigenvalue weighted by molar-refractivity contribution is 7.81. The van der Waals surface area contributed by atoms with Gasteiger partial charge in [0.2, 0.25) is 0 Å². The van der Waals surface area contributed by atoms with Gasteiger partial charge in [-0.1, -0.05) is 9.39 Å². The van der Waals surface area contributed by atoms with E-state index in [1.54, 1.807) is 0 Å². The standard InChI is InChI=1S/C2H8NPS/c1-2(5)3-4/h2-3,5H,4H2,1H3/t2-/m0/s1. The van der Waals surface area contributed by atoms with Gasteiger partial charge in [-0.15, -0.1) is 0 Å². The van der Waals surface area contributed by atoms with Crippen molar-refractivity contribution >= 4 is 22.0 Å². The highest BCUT2D eigenvalue weighted by atomic mass is 32.1. The number of hydrogen-bond acceptors (Lipinski definition) is 2. The Balaban J connectivity index is 2.54. The fourth-order valence-electron chi connectivity index (χ4n) is 0. The van der Waals surface area contributed by atoms with E-state index in [0.29, 0.717) is 5.37 Å². The fraction of sp³-hybridized carbons (Fsp3) is 1.00. The van der Waals surface area contributed by atoms with Gasteiger partial charge in [-0.3, -0.25) is 5.09 Å². The first-order valence-corrected chi connectivity index (χ1v) is 2.51. The molecule has 0 aliphatic carbocycles. The summed E-state index contributed by atoms with van der Waals surface area (Å²) in [6.45, 7) is 1.95. The lowest BCUT2D eigenvalue weighted by molar-refractivity contribution is 0.967. The average Bonchev–Trinajstić information content (AvgIpc) is 1.38. The number of rotatable bonds is 1. The van der Waals surface area contributed by atoms with Crippen molar-refractivity contribution < 1.29 is 0 Å². The molecule has 32 valence electrons. The van der Waals surface area contributed by atoms with Crippen molar-refractivity contribution in [3.63, 3.8) is 0 Å². The molecule has 0 rings (SSSR count). The normalized spacial score (nSPS) is 15.0. The molecule has 0 aromatic heterocycles. The van der Waals surface area contributed by atoms with Gasteiger partial charge in [-0.2, -0.15) is 12.6 Å². The van der Waals surface area contributed by atoms with Gasteiger partial charge in [0.25, 0.3) is 0 Å². The first-order chi connectivity index (χ1) is 2.27. The van der Waals surface area contributed by atoms with Crippen molar-refractivity contribution in [1.29, 1.82) is 0 Å². The molecule has 0 heterocycles. The van der Waals surface area contributed by atoms with E-state index in [-0.39, 0.29) is 0 Å². The highest BCUT2D eigenvalue weighted by Gasteiger charge is 1.78. The van der Waals surface area contributed by atoms with Crippen LogP contribution in [0, 0.1) is 0 Å². The van der Waals surface area contributed by atoms with Crippen molar-refractivity contribution in [2.75, 3.05) is 0 Å². The topological polar surface area (TPSA) is 12.0 Å². The Morgan fingerprint density at radius 2 is 2.20 bits per heavy atom. The summed E-state index contributed by atoms with van der Waals surface area (Å²) in [6, 6.07) is 0. The molecule has 3 heteroatoms. The van der Waals surface area contributed by atoms with Gasteiger partial charge in [0.05, 0.1) is 5.37 Å². The van der Waals surface area contributed by atoms with Gasteiger partial charge in [-0.25, -0.2) is 0 Å². The smallest absolute Gasteiger partial charge is 0.0502 e. The van der Waals surface area contributed by atoms with Crippen LogP contribution in [0.5, 0.6) is 0 Å². The number of thiol groups is 1. The van der Waals surface area contributed by atoms with Gasteiger partial charge in [0, 0.05) is 0 Å². The molecule has 1 N–H and O–H groups in total. The van der Waals surface area contributed by atoms with E-state index in [1.807, 2.05) is 6.92 Å². The minimum Gasteiger partial charge on any atom is -0.289 e. The Kier molecular flexibility index (Phi) is 3.39. The number of hydrogen-bond donors (Lipinski definition) is 2. The van der Waals surface area contributed by atoms with Crippen LogP contribution in [0.2, 0.25) is 0 Å².